The van der Waals surface area contributed by atoms with Crippen molar-refractivity contribution < 1.29 is 27.8 Å². The van der Waals surface area contributed by atoms with Crippen molar-refractivity contribution in [2.24, 2.45) is 0 Å². The first-order chi connectivity index (χ1) is 8.79. The van der Waals surface area contributed by atoms with Gasteiger partial charge in [-0.15, -0.1) is 0 Å². The summed E-state index contributed by atoms with van der Waals surface area (Å²) in [4.78, 5) is 10.7. The molecule has 1 atom stereocenters. The van der Waals surface area contributed by atoms with E-state index >= 15 is 0 Å². The van der Waals surface area contributed by atoms with Crippen LogP contribution in [-0.2, 0) is 11.0 Å². The Morgan fingerprint density at radius 2 is 2.05 bits per heavy atom. The van der Waals surface area contributed by atoms with Crippen LogP contribution in [-0.4, -0.2) is 18.2 Å². The standard InChI is InChI=1S/C13H15F3O3/c1-3-8(6-12(17)18)10-5-4-9(13(14,15)16)7-11(10)19-2/h4-5,7-8H,3,6H2,1-2H3,(H,17,18). The summed E-state index contributed by atoms with van der Waals surface area (Å²) in [7, 11) is 1.27. The Labute approximate surface area is 109 Å². The summed E-state index contributed by atoms with van der Waals surface area (Å²) in [6, 6.07) is 3.14. The molecule has 1 N–H and O–H groups in total. The molecule has 3 nitrogen and oxygen atoms in total. The number of rotatable bonds is 5. The minimum Gasteiger partial charge on any atom is -0.496 e. The van der Waals surface area contributed by atoms with Gasteiger partial charge >= 0.3 is 12.1 Å². The molecule has 0 radical (unpaired) electrons. The van der Waals surface area contributed by atoms with Gasteiger partial charge in [-0.25, -0.2) is 0 Å². The lowest BCUT2D eigenvalue weighted by molar-refractivity contribution is -0.138. The van der Waals surface area contributed by atoms with Crippen LogP contribution in [0.4, 0.5) is 13.2 Å². The second-order valence-electron chi connectivity index (χ2n) is 4.16. The fourth-order valence-corrected chi connectivity index (χ4v) is 1.91. The maximum absolute atomic E-state index is 12.6. The Morgan fingerprint density at radius 3 is 2.47 bits per heavy atom. The molecule has 1 unspecified atom stereocenters. The van der Waals surface area contributed by atoms with E-state index in [0.29, 0.717) is 12.0 Å². The number of hydrogen-bond acceptors (Lipinski definition) is 2. The van der Waals surface area contributed by atoms with E-state index in [2.05, 4.69) is 0 Å². The van der Waals surface area contributed by atoms with Crippen LogP contribution >= 0.6 is 0 Å². The summed E-state index contributed by atoms with van der Waals surface area (Å²) in [6.07, 6.45) is -4.08. The first kappa shape index (κ1) is 15.3. The van der Waals surface area contributed by atoms with E-state index in [0.717, 1.165) is 12.1 Å². The van der Waals surface area contributed by atoms with Crippen LogP contribution in [0.25, 0.3) is 0 Å². The Hall–Kier alpha value is -1.72. The van der Waals surface area contributed by atoms with Gasteiger partial charge in [0, 0.05) is 0 Å². The molecule has 0 bridgehead atoms. The predicted molar refractivity (Wildman–Crippen MR) is 63.3 cm³/mol. The fourth-order valence-electron chi connectivity index (χ4n) is 1.91. The molecule has 0 aliphatic carbocycles. The molecule has 0 fully saturated rings. The number of hydrogen-bond donors (Lipinski definition) is 1. The molecule has 1 rings (SSSR count). The number of alkyl halides is 3. The topological polar surface area (TPSA) is 46.5 Å². The SMILES string of the molecule is CCC(CC(=O)O)c1ccc(C(F)(F)F)cc1OC. The van der Waals surface area contributed by atoms with E-state index in [1.165, 1.54) is 13.2 Å². The molecule has 106 valence electrons. The average Bonchev–Trinajstić information content (AvgIpc) is 2.33. The molecule has 0 amide bonds. The van der Waals surface area contributed by atoms with Crippen LogP contribution in [0, 0.1) is 0 Å². The number of aliphatic carboxylic acids is 1. The number of carbonyl (C=O) groups is 1. The van der Waals surface area contributed by atoms with Crippen LogP contribution < -0.4 is 4.74 Å². The number of benzene rings is 1. The van der Waals surface area contributed by atoms with E-state index in [9.17, 15) is 18.0 Å². The zero-order valence-electron chi connectivity index (χ0n) is 10.6. The number of methoxy groups -OCH3 is 1. The molecular weight excluding hydrogens is 261 g/mol. The third-order valence-electron chi connectivity index (χ3n) is 2.91. The second kappa shape index (κ2) is 5.95. The lowest BCUT2D eigenvalue weighted by Gasteiger charge is -2.18. The molecule has 0 aromatic heterocycles. The molecule has 1 aromatic carbocycles. The summed E-state index contributed by atoms with van der Waals surface area (Å²) >= 11 is 0. The molecule has 0 heterocycles. The van der Waals surface area contributed by atoms with Crippen molar-refractivity contribution in [1.82, 2.24) is 0 Å². The van der Waals surface area contributed by atoms with E-state index in [-0.39, 0.29) is 18.1 Å². The van der Waals surface area contributed by atoms with Crippen LogP contribution in [0.1, 0.15) is 36.8 Å². The lowest BCUT2D eigenvalue weighted by Crippen LogP contribution is -2.10. The van der Waals surface area contributed by atoms with Gasteiger partial charge in [0.15, 0.2) is 0 Å². The van der Waals surface area contributed by atoms with Crippen LogP contribution in [0.3, 0.4) is 0 Å². The predicted octanol–water partition coefficient (Wildman–Crippen LogP) is 3.68. The van der Waals surface area contributed by atoms with Gasteiger partial charge < -0.3 is 9.84 Å². The van der Waals surface area contributed by atoms with E-state index in [1.807, 2.05) is 0 Å². The molecule has 0 saturated carbocycles. The van der Waals surface area contributed by atoms with Crippen LogP contribution in [0.15, 0.2) is 18.2 Å². The van der Waals surface area contributed by atoms with E-state index in [4.69, 9.17) is 9.84 Å². The minimum absolute atomic E-state index is 0.0722. The van der Waals surface area contributed by atoms with Crippen molar-refractivity contribution in [3.8, 4) is 5.75 Å². The monoisotopic (exact) mass is 276 g/mol. The minimum atomic E-state index is -4.44. The highest BCUT2D eigenvalue weighted by Gasteiger charge is 2.32. The second-order valence-corrected chi connectivity index (χ2v) is 4.16. The Morgan fingerprint density at radius 1 is 1.42 bits per heavy atom. The van der Waals surface area contributed by atoms with E-state index in [1.54, 1.807) is 6.92 Å². The largest absolute Gasteiger partial charge is 0.496 e. The summed E-state index contributed by atoms with van der Waals surface area (Å²) in [6.45, 7) is 1.78. The first-order valence-corrected chi connectivity index (χ1v) is 5.76. The Kier molecular flexibility index (Phi) is 4.80. The molecule has 0 aliphatic heterocycles. The fraction of sp³-hybridized carbons (Fsp3) is 0.462. The summed E-state index contributed by atoms with van der Waals surface area (Å²) in [5, 5.41) is 8.80. The normalized spacial score (nSPS) is 13.1. The highest BCUT2D eigenvalue weighted by molar-refractivity contribution is 5.68. The molecule has 0 saturated heterocycles. The zero-order chi connectivity index (χ0) is 14.6. The van der Waals surface area contributed by atoms with Crippen LogP contribution in [0.2, 0.25) is 0 Å². The maximum atomic E-state index is 12.6. The van der Waals surface area contributed by atoms with Gasteiger partial charge in [-0.05, 0) is 30.0 Å². The van der Waals surface area contributed by atoms with Crippen molar-refractivity contribution in [3.63, 3.8) is 0 Å². The highest BCUT2D eigenvalue weighted by Crippen LogP contribution is 2.37. The van der Waals surface area contributed by atoms with Crippen molar-refractivity contribution in [2.75, 3.05) is 7.11 Å². The molecular formula is C13H15F3O3. The quantitative estimate of drug-likeness (QED) is 0.892. The number of carboxylic acid groups (broad SMARTS) is 1. The van der Waals surface area contributed by atoms with Gasteiger partial charge in [0.05, 0.1) is 19.1 Å². The van der Waals surface area contributed by atoms with Crippen molar-refractivity contribution in [2.45, 2.75) is 31.9 Å². The summed E-state index contributed by atoms with van der Waals surface area (Å²) in [5.74, 6) is -1.29. The third kappa shape index (κ3) is 3.87. The zero-order valence-corrected chi connectivity index (χ0v) is 10.6. The van der Waals surface area contributed by atoms with Crippen LogP contribution in [0.5, 0.6) is 5.75 Å². The maximum Gasteiger partial charge on any atom is 0.416 e. The smallest absolute Gasteiger partial charge is 0.416 e. The Bertz CT molecular complexity index is 455. The molecule has 0 aliphatic rings. The van der Waals surface area contributed by atoms with Gasteiger partial charge in [0.1, 0.15) is 5.75 Å². The third-order valence-corrected chi connectivity index (χ3v) is 2.91. The van der Waals surface area contributed by atoms with Crippen molar-refractivity contribution >= 4 is 5.97 Å². The lowest BCUT2D eigenvalue weighted by atomic mass is 9.91. The molecule has 0 spiro atoms. The van der Waals surface area contributed by atoms with Crippen molar-refractivity contribution in [3.05, 3.63) is 29.3 Å². The highest BCUT2D eigenvalue weighted by atomic mass is 19.4. The Balaban J connectivity index is 3.17. The average molecular weight is 276 g/mol. The number of carboxylic acids is 1. The molecule has 6 heteroatoms. The van der Waals surface area contributed by atoms with Gasteiger partial charge in [0.2, 0.25) is 0 Å². The first-order valence-electron chi connectivity index (χ1n) is 5.76. The van der Waals surface area contributed by atoms with Gasteiger partial charge in [0.25, 0.3) is 0 Å². The molecule has 19 heavy (non-hydrogen) atoms. The summed E-state index contributed by atoms with van der Waals surface area (Å²) < 4.78 is 42.7. The van der Waals surface area contributed by atoms with Crippen molar-refractivity contribution in [1.29, 1.82) is 0 Å². The number of ether oxygens (including phenoxy) is 1. The van der Waals surface area contributed by atoms with Gasteiger partial charge in [-0.3, -0.25) is 4.79 Å². The molecule has 1 aromatic rings. The van der Waals surface area contributed by atoms with E-state index < -0.39 is 17.7 Å². The van der Waals surface area contributed by atoms with Gasteiger partial charge in [-0.2, -0.15) is 13.2 Å². The van der Waals surface area contributed by atoms with Gasteiger partial charge in [-0.1, -0.05) is 13.0 Å². The number of halogens is 3. The summed E-state index contributed by atoms with van der Waals surface area (Å²) in [5.41, 5.74) is -0.321.